The Kier molecular flexibility index (Phi) is 8.12. The van der Waals surface area contributed by atoms with Crippen molar-refractivity contribution in [1.29, 1.82) is 0 Å². The van der Waals surface area contributed by atoms with E-state index in [4.69, 9.17) is 15.0 Å². The minimum absolute atomic E-state index is 0.635. The van der Waals surface area contributed by atoms with E-state index < -0.39 is 0 Å². The van der Waals surface area contributed by atoms with Gasteiger partial charge in [-0.1, -0.05) is 127 Å². The van der Waals surface area contributed by atoms with Gasteiger partial charge in [0.05, 0.1) is 11.4 Å². The van der Waals surface area contributed by atoms with Crippen LogP contribution in [0.4, 0.5) is 0 Å². The van der Waals surface area contributed by atoms with Crippen molar-refractivity contribution >= 4 is 10.8 Å². The van der Waals surface area contributed by atoms with Crippen LogP contribution in [0.5, 0.6) is 0 Å². The van der Waals surface area contributed by atoms with Gasteiger partial charge in [0.2, 0.25) is 0 Å². The van der Waals surface area contributed by atoms with Crippen LogP contribution < -0.4 is 0 Å². The van der Waals surface area contributed by atoms with E-state index in [9.17, 15) is 0 Å². The van der Waals surface area contributed by atoms with Gasteiger partial charge in [0.25, 0.3) is 0 Å². The van der Waals surface area contributed by atoms with E-state index in [0.29, 0.717) is 17.5 Å². The van der Waals surface area contributed by atoms with Gasteiger partial charge in [-0.15, -0.1) is 0 Å². The van der Waals surface area contributed by atoms with Gasteiger partial charge in [-0.3, -0.25) is 9.97 Å². The zero-order chi connectivity index (χ0) is 34.7. The van der Waals surface area contributed by atoms with Crippen molar-refractivity contribution < 1.29 is 0 Å². The molecule has 9 rings (SSSR count). The molecule has 0 aliphatic rings. The number of nitrogens with zero attached hydrogens (tertiary/aromatic N) is 5. The zero-order valence-corrected chi connectivity index (χ0v) is 28.1. The molecule has 6 aromatic carbocycles. The second-order valence-electron chi connectivity index (χ2n) is 12.6. The first-order valence-electron chi connectivity index (χ1n) is 17.2. The highest BCUT2D eigenvalue weighted by Crippen LogP contribution is 2.36. The average Bonchev–Trinajstić information content (AvgIpc) is 3.24. The van der Waals surface area contributed by atoms with Gasteiger partial charge >= 0.3 is 0 Å². The molecule has 3 aromatic heterocycles. The first kappa shape index (κ1) is 30.9. The molecule has 0 N–H and O–H groups in total. The van der Waals surface area contributed by atoms with Gasteiger partial charge < -0.3 is 0 Å². The van der Waals surface area contributed by atoms with Crippen molar-refractivity contribution in [3.05, 3.63) is 188 Å². The lowest BCUT2D eigenvalue weighted by Crippen LogP contribution is -2.00. The summed E-state index contributed by atoms with van der Waals surface area (Å²) in [4.78, 5) is 24.0. The fourth-order valence-electron chi connectivity index (χ4n) is 6.60. The molecule has 0 saturated carbocycles. The molecular weight excluding hydrogens is 635 g/mol. The molecule has 0 amide bonds. The largest absolute Gasteiger partial charge is 0.256 e. The normalized spacial score (nSPS) is 11.1. The summed E-state index contributed by atoms with van der Waals surface area (Å²) in [6.07, 6.45) is 3.67. The Bertz CT molecular complexity index is 2530. The Hall–Kier alpha value is -7.11. The number of aromatic nitrogens is 5. The number of hydrogen-bond acceptors (Lipinski definition) is 5. The number of pyridine rings is 2. The van der Waals surface area contributed by atoms with Gasteiger partial charge in [0, 0.05) is 40.2 Å². The highest BCUT2D eigenvalue weighted by Gasteiger charge is 2.14. The smallest absolute Gasteiger partial charge is 0.164 e. The lowest BCUT2D eigenvalue weighted by molar-refractivity contribution is 1.07. The molecule has 9 aromatic rings. The summed E-state index contributed by atoms with van der Waals surface area (Å²) in [7, 11) is 0. The van der Waals surface area contributed by atoms with Crippen molar-refractivity contribution in [3.63, 3.8) is 0 Å². The molecule has 0 bridgehead atoms. The first-order valence-corrected chi connectivity index (χ1v) is 17.2. The molecular formula is C47H31N5. The molecule has 0 aliphatic carbocycles. The third-order valence-corrected chi connectivity index (χ3v) is 9.22. The maximum Gasteiger partial charge on any atom is 0.164 e. The van der Waals surface area contributed by atoms with Crippen LogP contribution in [-0.2, 0) is 0 Å². The van der Waals surface area contributed by atoms with Crippen molar-refractivity contribution in [2.24, 2.45) is 0 Å². The number of fused-ring (bicyclic) bond motifs is 1. The minimum Gasteiger partial charge on any atom is -0.256 e. The van der Waals surface area contributed by atoms with Gasteiger partial charge in [-0.25, -0.2) is 15.0 Å². The van der Waals surface area contributed by atoms with Crippen molar-refractivity contribution in [3.8, 4) is 78.9 Å². The highest BCUT2D eigenvalue weighted by molar-refractivity contribution is 5.99. The summed E-state index contributed by atoms with van der Waals surface area (Å²) in [5.41, 5.74) is 11.3. The van der Waals surface area contributed by atoms with Crippen molar-refractivity contribution in [2.75, 3.05) is 0 Å². The fraction of sp³-hybridized carbons (Fsp3) is 0. The third-order valence-electron chi connectivity index (χ3n) is 9.22. The second kappa shape index (κ2) is 13.7. The van der Waals surface area contributed by atoms with Crippen molar-refractivity contribution in [1.82, 2.24) is 24.9 Å². The molecule has 5 nitrogen and oxygen atoms in total. The summed E-state index contributed by atoms with van der Waals surface area (Å²) < 4.78 is 0. The Morgan fingerprint density at radius 2 is 0.769 bits per heavy atom. The van der Waals surface area contributed by atoms with E-state index in [1.807, 2.05) is 109 Å². The fourth-order valence-corrected chi connectivity index (χ4v) is 6.60. The van der Waals surface area contributed by atoms with Crippen LogP contribution in [0.15, 0.2) is 188 Å². The van der Waals surface area contributed by atoms with E-state index in [1.165, 1.54) is 10.8 Å². The Balaban J connectivity index is 1.12. The van der Waals surface area contributed by atoms with Crippen LogP contribution in [-0.4, -0.2) is 24.9 Å². The topological polar surface area (TPSA) is 64.5 Å². The highest BCUT2D eigenvalue weighted by atomic mass is 15.0. The monoisotopic (exact) mass is 665 g/mol. The van der Waals surface area contributed by atoms with Crippen LogP contribution in [0.2, 0.25) is 0 Å². The minimum atomic E-state index is 0.635. The van der Waals surface area contributed by atoms with Gasteiger partial charge in [0.1, 0.15) is 0 Å². The standard InChI is InChI=1S/C47H31N5/c1-3-12-34(13-4-1)45-50-46(35-14-5-2-6-15-35)52-47(51-45)36-23-20-33(21-24-36)41-17-11-16-32-22-25-37(31-42(32)41)38-28-39(43-18-7-9-26-48-43)30-40(29-38)44-19-8-10-27-49-44/h1-31H. The summed E-state index contributed by atoms with van der Waals surface area (Å²) in [5, 5.41) is 2.35. The lowest BCUT2D eigenvalue weighted by atomic mass is 9.92. The molecule has 0 atom stereocenters. The lowest BCUT2D eigenvalue weighted by Gasteiger charge is -2.13. The number of benzene rings is 6. The van der Waals surface area contributed by atoms with Gasteiger partial charge in [-0.2, -0.15) is 0 Å². The summed E-state index contributed by atoms with van der Waals surface area (Å²) in [6.45, 7) is 0. The Labute approximate surface area is 302 Å². The van der Waals surface area contributed by atoms with Gasteiger partial charge in [0.15, 0.2) is 17.5 Å². The maximum atomic E-state index is 4.92. The van der Waals surface area contributed by atoms with Crippen molar-refractivity contribution in [2.45, 2.75) is 0 Å². The van der Waals surface area contributed by atoms with Crippen LogP contribution in [0.1, 0.15) is 0 Å². The van der Waals surface area contributed by atoms with E-state index in [0.717, 1.165) is 61.5 Å². The molecule has 0 radical (unpaired) electrons. The summed E-state index contributed by atoms with van der Waals surface area (Å²) in [5.74, 6) is 1.93. The second-order valence-corrected chi connectivity index (χ2v) is 12.6. The first-order chi connectivity index (χ1) is 25.7. The van der Waals surface area contributed by atoms with Gasteiger partial charge in [-0.05, 0) is 81.6 Å². The molecule has 0 saturated heterocycles. The van der Waals surface area contributed by atoms with Crippen LogP contribution in [0.3, 0.4) is 0 Å². The average molecular weight is 666 g/mol. The molecule has 52 heavy (non-hydrogen) atoms. The predicted molar refractivity (Wildman–Crippen MR) is 211 cm³/mol. The maximum absolute atomic E-state index is 4.92. The molecule has 5 heteroatoms. The quantitative estimate of drug-likeness (QED) is 0.169. The molecule has 244 valence electrons. The number of rotatable bonds is 7. The van der Waals surface area contributed by atoms with Crippen LogP contribution in [0, 0.1) is 0 Å². The third kappa shape index (κ3) is 6.23. The SMILES string of the molecule is c1ccc(-c2nc(-c3ccccc3)nc(-c3ccc(-c4cccc5ccc(-c6cc(-c7ccccn7)cc(-c7ccccn7)c6)cc45)cc3)n2)cc1. The molecule has 0 spiro atoms. The molecule has 3 heterocycles. The van der Waals surface area contributed by atoms with Crippen LogP contribution in [0.25, 0.3) is 89.7 Å². The van der Waals surface area contributed by atoms with E-state index in [-0.39, 0.29) is 0 Å². The molecule has 0 unspecified atom stereocenters. The predicted octanol–water partition coefficient (Wildman–Crippen LogP) is 11.5. The number of hydrogen-bond donors (Lipinski definition) is 0. The Morgan fingerprint density at radius 3 is 1.31 bits per heavy atom. The molecule has 0 fully saturated rings. The Morgan fingerprint density at radius 1 is 0.288 bits per heavy atom. The van der Waals surface area contributed by atoms with E-state index >= 15 is 0 Å². The van der Waals surface area contributed by atoms with Crippen LogP contribution >= 0.6 is 0 Å². The summed E-state index contributed by atoms with van der Waals surface area (Å²) in [6, 6.07) is 60.4. The van der Waals surface area contributed by atoms with E-state index in [1.54, 1.807) is 0 Å². The zero-order valence-electron chi connectivity index (χ0n) is 28.1. The summed E-state index contributed by atoms with van der Waals surface area (Å²) >= 11 is 0. The van der Waals surface area contributed by atoms with E-state index in [2.05, 4.69) is 88.8 Å². The molecule has 0 aliphatic heterocycles.